The molecular formula is C17H25ClN2O. The fraction of sp³-hybridized carbons (Fsp3) is 0.647. The molecule has 3 rings (SSSR count). The number of benzene rings is 1. The van der Waals surface area contributed by atoms with Crippen molar-refractivity contribution in [3.8, 4) is 0 Å². The van der Waals surface area contributed by atoms with E-state index in [9.17, 15) is 0 Å². The van der Waals surface area contributed by atoms with Crippen LogP contribution >= 0.6 is 11.6 Å². The lowest BCUT2D eigenvalue weighted by Gasteiger charge is -2.45. The van der Waals surface area contributed by atoms with Gasteiger partial charge in [-0.3, -0.25) is 11.3 Å². The molecule has 0 bridgehead atoms. The first-order chi connectivity index (χ1) is 10.2. The van der Waals surface area contributed by atoms with E-state index in [0.717, 1.165) is 30.0 Å². The number of hydrogen-bond donors (Lipinski definition) is 2. The molecule has 0 radical (unpaired) electrons. The molecule has 3 N–H and O–H groups in total. The van der Waals surface area contributed by atoms with E-state index in [1.165, 1.54) is 32.1 Å². The van der Waals surface area contributed by atoms with E-state index >= 15 is 0 Å². The summed E-state index contributed by atoms with van der Waals surface area (Å²) in [6.07, 6.45) is 8.46. The van der Waals surface area contributed by atoms with Gasteiger partial charge in [-0.25, -0.2) is 0 Å². The molecule has 1 saturated carbocycles. The molecule has 4 heteroatoms. The van der Waals surface area contributed by atoms with Crippen LogP contribution in [0.4, 0.5) is 0 Å². The number of nitrogens with two attached hydrogens (primary N) is 1. The van der Waals surface area contributed by atoms with Crippen LogP contribution in [-0.4, -0.2) is 12.2 Å². The predicted molar refractivity (Wildman–Crippen MR) is 86.0 cm³/mol. The van der Waals surface area contributed by atoms with Gasteiger partial charge in [0.1, 0.15) is 0 Å². The topological polar surface area (TPSA) is 47.3 Å². The van der Waals surface area contributed by atoms with Crippen LogP contribution in [0.3, 0.4) is 0 Å². The third-order valence-corrected chi connectivity index (χ3v) is 5.53. The minimum absolute atomic E-state index is 0.0948. The van der Waals surface area contributed by atoms with Crippen LogP contribution in [0.2, 0.25) is 5.02 Å². The Labute approximate surface area is 132 Å². The molecular weight excluding hydrogens is 284 g/mol. The molecule has 1 spiro atoms. The Hall–Kier alpha value is -0.610. The van der Waals surface area contributed by atoms with E-state index in [2.05, 4.69) is 11.5 Å². The quantitative estimate of drug-likeness (QED) is 0.656. The second-order valence-electron chi connectivity index (χ2n) is 6.51. The largest absolute Gasteiger partial charge is 0.375 e. The third kappa shape index (κ3) is 3.26. The highest BCUT2D eigenvalue weighted by Crippen LogP contribution is 2.44. The van der Waals surface area contributed by atoms with E-state index in [1.807, 2.05) is 18.2 Å². The highest BCUT2D eigenvalue weighted by atomic mass is 35.5. The smallest absolute Gasteiger partial charge is 0.0686 e. The van der Waals surface area contributed by atoms with Crippen molar-refractivity contribution in [1.82, 2.24) is 5.43 Å². The van der Waals surface area contributed by atoms with Gasteiger partial charge in [0.15, 0.2) is 0 Å². The van der Waals surface area contributed by atoms with Crippen molar-refractivity contribution in [3.63, 3.8) is 0 Å². The molecule has 21 heavy (non-hydrogen) atoms. The van der Waals surface area contributed by atoms with Crippen molar-refractivity contribution in [2.24, 2.45) is 11.8 Å². The van der Waals surface area contributed by atoms with Crippen LogP contribution < -0.4 is 11.3 Å². The third-order valence-electron chi connectivity index (χ3n) is 5.19. The number of hydrogen-bond acceptors (Lipinski definition) is 3. The second-order valence-corrected chi connectivity index (χ2v) is 6.92. The Morgan fingerprint density at radius 1 is 1.24 bits per heavy atom. The Balaban J connectivity index is 1.79. The summed E-state index contributed by atoms with van der Waals surface area (Å²) in [5.41, 5.74) is 4.22. The summed E-state index contributed by atoms with van der Waals surface area (Å²) in [5, 5.41) is 0.796. The number of rotatable bonds is 3. The molecule has 3 nitrogen and oxygen atoms in total. The highest BCUT2D eigenvalue weighted by molar-refractivity contribution is 6.31. The molecule has 1 aliphatic carbocycles. The number of halogens is 1. The van der Waals surface area contributed by atoms with E-state index in [4.69, 9.17) is 22.2 Å². The maximum atomic E-state index is 6.37. The van der Waals surface area contributed by atoms with Crippen LogP contribution in [0.5, 0.6) is 0 Å². The highest BCUT2D eigenvalue weighted by Gasteiger charge is 2.41. The fourth-order valence-corrected chi connectivity index (χ4v) is 4.36. The molecule has 1 aromatic rings. The van der Waals surface area contributed by atoms with Crippen molar-refractivity contribution in [2.75, 3.05) is 6.61 Å². The molecule has 1 aliphatic heterocycles. The van der Waals surface area contributed by atoms with Gasteiger partial charge in [0, 0.05) is 11.6 Å². The van der Waals surface area contributed by atoms with Gasteiger partial charge in [0.05, 0.1) is 11.6 Å². The predicted octanol–water partition coefficient (Wildman–Crippen LogP) is 3.97. The van der Waals surface area contributed by atoms with Gasteiger partial charge >= 0.3 is 0 Å². The average molecular weight is 309 g/mol. The molecule has 1 aromatic carbocycles. The van der Waals surface area contributed by atoms with Crippen molar-refractivity contribution in [1.29, 1.82) is 0 Å². The average Bonchev–Trinajstić information content (AvgIpc) is 2.51. The van der Waals surface area contributed by atoms with E-state index in [0.29, 0.717) is 5.92 Å². The molecule has 2 aliphatic rings. The van der Waals surface area contributed by atoms with Crippen molar-refractivity contribution in [3.05, 3.63) is 34.9 Å². The fourth-order valence-electron chi connectivity index (χ4n) is 4.10. The molecule has 2 unspecified atom stereocenters. The van der Waals surface area contributed by atoms with Crippen molar-refractivity contribution in [2.45, 2.75) is 56.6 Å². The molecule has 1 saturated heterocycles. The monoisotopic (exact) mass is 308 g/mol. The number of nitrogens with one attached hydrogen (secondary N) is 1. The van der Waals surface area contributed by atoms with Crippen LogP contribution in [0.25, 0.3) is 0 Å². The Morgan fingerprint density at radius 2 is 2.00 bits per heavy atom. The van der Waals surface area contributed by atoms with Gasteiger partial charge in [-0.05, 0) is 43.2 Å². The second kappa shape index (κ2) is 6.66. The van der Waals surface area contributed by atoms with Crippen molar-refractivity contribution < 1.29 is 4.74 Å². The first-order valence-corrected chi connectivity index (χ1v) is 8.46. The summed E-state index contributed by atoms with van der Waals surface area (Å²) in [6, 6.07) is 8.13. The van der Waals surface area contributed by atoms with Gasteiger partial charge < -0.3 is 4.74 Å². The molecule has 2 fully saturated rings. The van der Waals surface area contributed by atoms with Gasteiger partial charge in [-0.2, -0.15) is 0 Å². The summed E-state index contributed by atoms with van der Waals surface area (Å²) < 4.78 is 6.20. The zero-order valence-electron chi connectivity index (χ0n) is 12.5. The summed E-state index contributed by atoms with van der Waals surface area (Å²) in [5.74, 6) is 6.36. The number of ether oxygens (including phenoxy) is 1. The van der Waals surface area contributed by atoms with Crippen LogP contribution in [0.15, 0.2) is 24.3 Å². The zero-order chi connectivity index (χ0) is 14.7. The van der Waals surface area contributed by atoms with Gasteiger partial charge in [-0.15, -0.1) is 0 Å². The maximum Gasteiger partial charge on any atom is 0.0686 e. The minimum Gasteiger partial charge on any atom is -0.375 e. The number of hydrazine groups is 1. The van der Waals surface area contributed by atoms with E-state index in [1.54, 1.807) is 0 Å². The first-order valence-electron chi connectivity index (χ1n) is 8.09. The Morgan fingerprint density at radius 3 is 2.71 bits per heavy atom. The molecule has 0 amide bonds. The molecule has 2 atom stereocenters. The lowest BCUT2D eigenvalue weighted by atomic mass is 9.73. The van der Waals surface area contributed by atoms with Crippen LogP contribution in [-0.2, 0) is 4.74 Å². The summed E-state index contributed by atoms with van der Waals surface area (Å²) in [4.78, 5) is 0. The van der Waals surface area contributed by atoms with Crippen LogP contribution in [0.1, 0.15) is 56.6 Å². The summed E-state index contributed by atoms with van der Waals surface area (Å²) in [7, 11) is 0. The van der Waals surface area contributed by atoms with Gasteiger partial charge in [0.25, 0.3) is 0 Å². The summed E-state index contributed by atoms with van der Waals surface area (Å²) in [6.45, 7) is 0.841. The molecule has 1 heterocycles. The normalized spacial score (nSPS) is 26.7. The Bertz CT molecular complexity index is 468. The SMILES string of the molecule is NNC(c1ccccc1Cl)C1CCOC2(CCCCC2)C1. The summed E-state index contributed by atoms with van der Waals surface area (Å²) >= 11 is 6.37. The first kappa shape index (κ1) is 15.3. The van der Waals surface area contributed by atoms with Gasteiger partial charge in [0.2, 0.25) is 0 Å². The molecule has 0 aromatic heterocycles. The maximum absolute atomic E-state index is 6.37. The van der Waals surface area contributed by atoms with Crippen LogP contribution in [0, 0.1) is 5.92 Å². The van der Waals surface area contributed by atoms with Crippen molar-refractivity contribution >= 4 is 11.6 Å². The zero-order valence-corrected chi connectivity index (χ0v) is 13.2. The lowest BCUT2D eigenvalue weighted by Crippen LogP contribution is -2.46. The van der Waals surface area contributed by atoms with Gasteiger partial charge in [-0.1, -0.05) is 49.1 Å². The van der Waals surface area contributed by atoms with E-state index in [-0.39, 0.29) is 11.6 Å². The lowest BCUT2D eigenvalue weighted by molar-refractivity contribution is -0.122. The minimum atomic E-state index is 0.0948. The standard InChI is InChI=1S/C17H25ClN2O/c18-15-7-3-2-6-14(15)16(20-19)13-8-11-21-17(12-13)9-4-1-5-10-17/h2-3,6-7,13,16,20H,1,4-5,8-12,19H2. The Kier molecular flexibility index (Phi) is 4.85. The van der Waals surface area contributed by atoms with E-state index < -0.39 is 0 Å². The molecule has 116 valence electrons.